The van der Waals surface area contributed by atoms with Gasteiger partial charge in [-0.1, -0.05) is 18.2 Å². The van der Waals surface area contributed by atoms with Gasteiger partial charge in [0.15, 0.2) is 0 Å². The molecule has 0 amide bonds. The molecule has 4 heteroatoms. The van der Waals surface area contributed by atoms with Gasteiger partial charge in [-0.2, -0.15) is 0 Å². The average Bonchev–Trinajstić information content (AvgIpc) is 3.23. The first-order chi connectivity index (χ1) is 10.5. The van der Waals surface area contributed by atoms with Crippen molar-refractivity contribution in [3.05, 3.63) is 64.7 Å². The number of aliphatic carboxylic acids is 1. The second-order valence-corrected chi connectivity index (χ2v) is 5.41. The van der Waals surface area contributed by atoms with Crippen molar-refractivity contribution < 1.29 is 14.6 Å². The fraction of sp³-hybridized carbons (Fsp3) is 0.167. The number of hydrogen-bond donors (Lipinski definition) is 2. The molecular weight excluding hydrogens is 278 g/mol. The van der Waals surface area contributed by atoms with Crippen LogP contribution < -0.4 is 10.5 Å². The van der Waals surface area contributed by atoms with Gasteiger partial charge in [-0.15, -0.1) is 0 Å². The number of anilines is 1. The first-order valence-corrected chi connectivity index (χ1v) is 7.00. The summed E-state index contributed by atoms with van der Waals surface area (Å²) in [5, 5.41) is 9.46. The number of carboxylic acids is 1. The van der Waals surface area contributed by atoms with Gasteiger partial charge in [-0.05, 0) is 53.5 Å². The second kappa shape index (κ2) is 5.22. The first-order valence-electron chi connectivity index (χ1n) is 7.00. The van der Waals surface area contributed by atoms with Crippen LogP contribution in [0.15, 0.2) is 48.0 Å². The van der Waals surface area contributed by atoms with E-state index in [4.69, 9.17) is 10.5 Å². The van der Waals surface area contributed by atoms with E-state index in [1.54, 1.807) is 13.2 Å². The van der Waals surface area contributed by atoms with E-state index >= 15 is 0 Å². The molecule has 0 saturated carbocycles. The number of nitrogens with two attached hydrogens (primary N) is 1. The van der Waals surface area contributed by atoms with Crippen LogP contribution in [0.25, 0.3) is 5.57 Å². The zero-order valence-electron chi connectivity index (χ0n) is 12.5. The van der Waals surface area contributed by atoms with E-state index in [0.29, 0.717) is 11.3 Å². The highest BCUT2D eigenvalue weighted by atomic mass is 16.5. The third kappa shape index (κ3) is 2.33. The molecule has 0 aliphatic heterocycles. The highest BCUT2D eigenvalue weighted by molar-refractivity contribution is 6.12. The van der Waals surface area contributed by atoms with Crippen LogP contribution in [0.2, 0.25) is 0 Å². The van der Waals surface area contributed by atoms with Crippen molar-refractivity contribution in [1.82, 2.24) is 0 Å². The molecule has 4 nitrogen and oxygen atoms in total. The standard InChI is InChI=1S/C18H17NO3/c1-10-9-12(19)5-8-14(10)16-15(17(16)18(20)21)11-3-6-13(22-2)7-4-11/h3-9,15H,19H2,1-2H3,(H,20,21). The number of hydrogen-bond acceptors (Lipinski definition) is 3. The van der Waals surface area contributed by atoms with Crippen LogP contribution in [0.3, 0.4) is 0 Å². The van der Waals surface area contributed by atoms with E-state index in [0.717, 1.165) is 28.0 Å². The molecule has 3 N–H and O–H groups in total. The summed E-state index contributed by atoms with van der Waals surface area (Å²) in [6.45, 7) is 1.95. The maximum absolute atomic E-state index is 11.5. The van der Waals surface area contributed by atoms with E-state index in [2.05, 4.69) is 0 Å². The molecule has 1 aliphatic carbocycles. The number of ether oxygens (including phenoxy) is 1. The number of nitrogen functional groups attached to an aromatic ring is 1. The van der Waals surface area contributed by atoms with Crippen molar-refractivity contribution in [2.75, 3.05) is 12.8 Å². The van der Waals surface area contributed by atoms with E-state index < -0.39 is 5.97 Å². The quantitative estimate of drug-likeness (QED) is 0.849. The van der Waals surface area contributed by atoms with Crippen LogP contribution in [0.1, 0.15) is 22.6 Å². The fourth-order valence-corrected chi connectivity index (χ4v) is 2.88. The lowest BCUT2D eigenvalue weighted by atomic mass is 9.99. The number of methoxy groups -OCH3 is 1. The third-order valence-electron chi connectivity index (χ3n) is 4.00. The molecule has 1 unspecified atom stereocenters. The summed E-state index contributed by atoms with van der Waals surface area (Å²) in [4.78, 5) is 11.5. The Kier molecular flexibility index (Phi) is 3.37. The lowest BCUT2D eigenvalue weighted by Crippen LogP contribution is -1.95. The normalized spacial score (nSPS) is 16.5. The van der Waals surface area contributed by atoms with Gasteiger partial charge in [0.1, 0.15) is 5.75 Å². The van der Waals surface area contributed by atoms with E-state index in [1.807, 2.05) is 43.3 Å². The topological polar surface area (TPSA) is 72.5 Å². The highest BCUT2D eigenvalue weighted by Gasteiger charge is 2.43. The van der Waals surface area contributed by atoms with E-state index in [9.17, 15) is 9.90 Å². The predicted molar refractivity (Wildman–Crippen MR) is 85.9 cm³/mol. The minimum atomic E-state index is -0.868. The number of allylic oxidation sites excluding steroid dienone is 1. The minimum Gasteiger partial charge on any atom is -0.497 e. The number of benzene rings is 2. The summed E-state index contributed by atoms with van der Waals surface area (Å²) in [7, 11) is 1.61. The Hall–Kier alpha value is -2.75. The van der Waals surface area contributed by atoms with Crippen molar-refractivity contribution in [2.24, 2.45) is 0 Å². The van der Waals surface area contributed by atoms with Gasteiger partial charge in [-0.25, -0.2) is 4.79 Å². The molecule has 0 radical (unpaired) electrons. The zero-order chi connectivity index (χ0) is 15.9. The molecule has 0 spiro atoms. The average molecular weight is 295 g/mol. The number of carboxylic acid groups (broad SMARTS) is 1. The van der Waals surface area contributed by atoms with Gasteiger partial charge in [-0.3, -0.25) is 0 Å². The van der Waals surface area contributed by atoms with Crippen LogP contribution in [-0.4, -0.2) is 18.2 Å². The molecule has 22 heavy (non-hydrogen) atoms. The molecule has 0 heterocycles. The highest BCUT2D eigenvalue weighted by Crippen LogP contribution is 2.55. The Balaban J connectivity index is 1.99. The van der Waals surface area contributed by atoms with Crippen molar-refractivity contribution >= 4 is 17.2 Å². The summed E-state index contributed by atoms with van der Waals surface area (Å²) in [5.74, 6) is -0.274. The van der Waals surface area contributed by atoms with E-state index in [1.165, 1.54) is 0 Å². The Morgan fingerprint density at radius 3 is 2.41 bits per heavy atom. The second-order valence-electron chi connectivity index (χ2n) is 5.41. The molecule has 0 fully saturated rings. The lowest BCUT2D eigenvalue weighted by molar-refractivity contribution is -0.132. The van der Waals surface area contributed by atoms with Gasteiger partial charge in [0.05, 0.1) is 12.7 Å². The van der Waals surface area contributed by atoms with Gasteiger partial charge in [0.25, 0.3) is 0 Å². The smallest absolute Gasteiger partial charge is 0.332 e. The third-order valence-corrected chi connectivity index (χ3v) is 4.00. The molecule has 2 aromatic rings. The van der Waals surface area contributed by atoms with Crippen molar-refractivity contribution in [3.63, 3.8) is 0 Å². The molecule has 112 valence electrons. The number of aryl methyl sites for hydroxylation is 1. The van der Waals surface area contributed by atoms with Gasteiger partial charge in [0, 0.05) is 11.6 Å². The Morgan fingerprint density at radius 2 is 1.86 bits per heavy atom. The Labute approximate surface area is 128 Å². The molecule has 0 saturated heterocycles. The molecule has 0 bridgehead atoms. The Bertz CT molecular complexity index is 775. The van der Waals surface area contributed by atoms with Gasteiger partial charge >= 0.3 is 5.97 Å². The summed E-state index contributed by atoms with van der Waals surface area (Å²) in [5.41, 5.74) is 10.7. The van der Waals surface area contributed by atoms with Crippen molar-refractivity contribution in [1.29, 1.82) is 0 Å². The summed E-state index contributed by atoms with van der Waals surface area (Å²) in [6, 6.07) is 13.1. The van der Waals surface area contributed by atoms with Crippen LogP contribution in [-0.2, 0) is 4.79 Å². The van der Waals surface area contributed by atoms with Crippen molar-refractivity contribution in [3.8, 4) is 5.75 Å². The van der Waals surface area contributed by atoms with Gasteiger partial charge in [0.2, 0.25) is 0 Å². The van der Waals surface area contributed by atoms with Crippen LogP contribution in [0.4, 0.5) is 5.69 Å². The lowest BCUT2D eigenvalue weighted by Gasteiger charge is -2.06. The van der Waals surface area contributed by atoms with Crippen molar-refractivity contribution in [2.45, 2.75) is 12.8 Å². The molecule has 1 aliphatic rings. The summed E-state index contributed by atoms with van der Waals surface area (Å²) >= 11 is 0. The largest absolute Gasteiger partial charge is 0.497 e. The minimum absolute atomic E-state index is 0.161. The van der Waals surface area contributed by atoms with Gasteiger partial charge < -0.3 is 15.6 Å². The number of carbonyl (C=O) groups is 1. The van der Waals surface area contributed by atoms with Crippen LogP contribution in [0.5, 0.6) is 5.75 Å². The summed E-state index contributed by atoms with van der Waals surface area (Å²) < 4.78 is 5.14. The predicted octanol–water partition coefficient (Wildman–Crippen LogP) is 3.22. The monoisotopic (exact) mass is 295 g/mol. The summed E-state index contributed by atoms with van der Waals surface area (Å²) in [6.07, 6.45) is 0. The van der Waals surface area contributed by atoms with E-state index in [-0.39, 0.29) is 5.92 Å². The molecule has 3 rings (SSSR count). The fourth-order valence-electron chi connectivity index (χ4n) is 2.88. The first kappa shape index (κ1) is 14.2. The number of rotatable bonds is 4. The molecular formula is C18H17NO3. The molecule has 2 aromatic carbocycles. The maximum atomic E-state index is 11.5. The van der Waals surface area contributed by atoms with Crippen LogP contribution in [0, 0.1) is 6.92 Å². The maximum Gasteiger partial charge on any atom is 0.332 e. The SMILES string of the molecule is COc1ccc(C2C(C(=O)O)=C2c2ccc(N)cc2C)cc1. The molecule has 0 aromatic heterocycles. The Morgan fingerprint density at radius 1 is 1.18 bits per heavy atom. The van der Waals surface area contributed by atoms with Crippen LogP contribution >= 0.6 is 0 Å². The molecule has 1 atom stereocenters. The zero-order valence-corrected chi connectivity index (χ0v) is 12.5.